The van der Waals surface area contributed by atoms with Gasteiger partial charge >= 0.3 is 6.03 Å². The van der Waals surface area contributed by atoms with Gasteiger partial charge < -0.3 is 20.3 Å². The lowest BCUT2D eigenvalue weighted by atomic mass is 10.0. The fourth-order valence-corrected chi connectivity index (χ4v) is 3.54. The van der Waals surface area contributed by atoms with Crippen molar-refractivity contribution < 1.29 is 9.53 Å². The number of carbonyl (C=O) groups excluding carboxylic acids is 1. The highest BCUT2D eigenvalue weighted by atomic mass is 35.5. The van der Waals surface area contributed by atoms with Gasteiger partial charge in [-0.25, -0.2) is 4.79 Å². The minimum Gasteiger partial charge on any atom is -0.497 e. The standard InChI is InChI=1S/C21H27ClN4O2/c1-25-10-12-26(13-11-25)20(16-6-8-19(28-2)9-7-16)15-23-21(27)24-18-5-3-4-17(22)14-18/h3-9,14,20H,10-13,15H2,1-2H3,(H2,23,24,27). The average molecular weight is 403 g/mol. The van der Waals surface area contributed by atoms with E-state index >= 15 is 0 Å². The number of methoxy groups -OCH3 is 1. The van der Waals surface area contributed by atoms with Crippen molar-refractivity contribution in [3.8, 4) is 5.75 Å². The molecule has 0 radical (unpaired) electrons. The van der Waals surface area contributed by atoms with Gasteiger partial charge in [0.25, 0.3) is 0 Å². The van der Waals surface area contributed by atoms with Crippen LogP contribution in [0.5, 0.6) is 5.75 Å². The number of benzene rings is 2. The average Bonchev–Trinajstić information content (AvgIpc) is 2.70. The molecule has 0 saturated carbocycles. The van der Waals surface area contributed by atoms with Crippen LogP contribution in [-0.2, 0) is 0 Å². The molecule has 2 N–H and O–H groups in total. The molecule has 0 spiro atoms. The summed E-state index contributed by atoms with van der Waals surface area (Å²) in [7, 11) is 3.80. The molecule has 0 aliphatic carbocycles. The number of likely N-dealkylation sites (N-methyl/N-ethyl adjacent to an activating group) is 1. The van der Waals surface area contributed by atoms with Gasteiger partial charge in [0, 0.05) is 43.4 Å². The first kappa shape index (κ1) is 20.5. The molecule has 1 heterocycles. The van der Waals surface area contributed by atoms with Crippen LogP contribution in [-0.4, -0.2) is 62.7 Å². The number of carbonyl (C=O) groups is 1. The topological polar surface area (TPSA) is 56.8 Å². The molecule has 28 heavy (non-hydrogen) atoms. The molecule has 0 aromatic heterocycles. The summed E-state index contributed by atoms with van der Waals surface area (Å²) in [5.41, 5.74) is 1.83. The maximum absolute atomic E-state index is 12.4. The minimum atomic E-state index is -0.241. The molecule has 1 fully saturated rings. The fraction of sp³-hybridized carbons (Fsp3) is 0.381. The number of nitrogens with one attached hydrogen (secondary N) is 2. The highest BCUT2D eigenvalue weighted by Crippen LogP contribution is 2.24. The van der Waals surface area contributed by atoms with Gasteiger partial charge in [0.15, 0.2) is 0 Å². The molecule has 6 nitrogen and oxygen atoms in total. The molecule has 1 atom stereocenters. The van der Waals surface area contributed by atoms with E-state index in [1.165, 1.54) is 0 Å². The Balaban J connectivity index is 1.66. The number of hydrogen-bond donors (Lipinski definition) is 2. The Labute approximate surface area is 171 Å². The highest BCUT2D eigenvalue weighted by molar-refractivity contribution is 6.30. The number of piperazine rings is 1. The van der Waals surface area contributed by atoms with Gasteiger partial charge in [-0.1, -0.05) is 29.8 Å². The van der Waals surface area contributed by atoms with E-state index in [4.69, 9.17) is 16.3 Å². The monoisotopic (exact) mass is 402 g/mol. The van der Waals surface area contributed by atoms with Gasteiger partial charge in [-0.2, -0.15) is 0 Å². The number of anilines is 1. The van der Waals surface area contributed by atoms with Crippen LogP contribution in [0.4, 0.5) is 10.5 Å². The first-order valence-electron chi connectivity index (χ1n) is 9.42. The molecule has 150 valence electrons. The largest absolute Gasteiger partial charge is 0.497 e. The molecule has 1 aliphatic heterocycles. The van der Waals surface area contributed by atoms with E-state index in [1.807, 2.05) is 24.3 Å². The van der Waals surface area contributed by atoms with Crippen LogP contribution in [0.25, 0.3) is 0 Å². The summed E-state index contributed by atoms with van der Waals surface area (Å²) >= 11 is 5.98. The molecule has 3 rings (SSSR count). The molecular formula is C21H27ClN4O2. The summed E-state index contributed by atoms with van der Waals surface area (Å²) in [6.07, 6.45) is 0. The number of urea groups is 1. The van der Waals surface area contributed by atoms with Crippen LogP contribution in [0, 0.1) is 0 Å². The van der Waals surface area contributed by atoms with Crippen LogP contribution >= 0.6 is 11.6 Å². The van der Waals surface area contributed by atoms with Gasteiger partial charge in [-0.3, -0.25) is 4.90 Å². The smallest absolute Gasteiger partial charge is 0.319 e. The number of ether oxygens (including phenoxy) is 1. The van der Waals surface area contributed by atoms with Crippen LogP contribution < -0.4 is 15.4 Å². The lowest BCUT2D eigenvalue weighted by Crippen LogP contribution is -2.48. The molecule has 2 amide bonds. The number of rotatable bonds is 6. The van der Waals surface area contributed by atoms with Gasteiger partial charge in [0.1, 0.15) is 5.75 Å². The highest BCUT2D eigenvalue weighted by Gasteiger charge is 2.24. The molecule has 1 unspecified atom stereocenters. The molecule has 2 aromatic rings. The molecule has 2 aromatic carbocycles. The van der Waals surface area contributed by atoms with E-state index in [9.17, 15) is 4.79 Å². The third-order valence-corrected chi connectivity index (χ3v) is 5.25. The fourth-order valence-electron chi connectivity index (χ4n) is 3.35. The Morgan fingerprint density at radius 1 is 1.14 bits per heavy atom. The molecule has 1 saturated heterocycles. The molecule has 7 heteroatoms. The first-order valence-corrected chi connectivity index (χ1v) is 9.80. The van der Waals surface area contributed by atoms with Gasteiger partial charge in [0.05, 0.1) is 13.2 Å². The Bertz CT molecular complexity index is 776. The summed E-state index contributed by atoms with van der Waals surface area (Å²) in [6, 6.07) is 15.0. The van der Waals surface area contributed by atoms with E-state index in [1.54, 1.807) is 19.2 Å². The van der Waals surface area contributed by atoms with E-state index in [-0.39, 0.29) is 12.1 Å². The number of hydrogen-bond acceptors (Lipinski definition) is 4. The van der Waals surface area contributed by atoms with Crippen molar-refractivity contribution in [1.29, 1.82) is 0 Å². The van der Waals surface area contributed by atoms with Crippen molar-refractivity contribution in [2.24, 2.45) is 0 Å². The van der Waals surface area contributed by atoms with Gasteiger partial charge in [-0.15, -0.1) is 0 Å². The molecule has 0 bridgehead atoms. The molecule has 1 aliphatic rings. The zero-order valence-corrected chi connectivity index (χ0v) is 17.1. The Kier molecular flexibility index (Phi) is 7.14. The van der Waals surface area contributed by atoms with E-state index in [2.05, 4.69) is 39.6 Å². The van der Waals surface area contributed by atoms with E-state index in [0.717, 1.165) is 37.5 Å². The maximum Gasteiger partial charge on any atom is 0.319 e. The first-order chi connectivity index (χ1) is 13.5. The summed E-state index contributed by atoms with van der Waals surface area (Å²) in [5, 5.41) is 6.43. The maximum atomic E-state index is 12.4. The third-order valence-electron chi connectivity index (χ3n) is 5.02. The summed E-state index contributed by atoms with van der Waals surface area (Å²) in [4.78, 5) is 17.1. The Morgan fingerprint density at radius 2 is 1.86 bits per heavy atom. The van der Waals surface area contributed by atoms with Crippen molar-refractivity contribution in [3.63, 3.8) is 0 Å². The van der Waals surface area contributed by atoms with Crippen molar-refractivity contribution in [3.05, 3.63) is 59.1 Å². The van der Waals surface area contributed by atoms with Crippen molar-refractivity contribution >= 4 is 23.3 Å². The van der Waals surface area contributed by atoms with Crippen LogP contribution in [0.15, 0.2) is 48.5 Å². The van der Waals surface area contributed by atoms with E-state index in [0.29, 0.717) is 17.3 Å². The van der Waals surface area contributed by atoms with Crippen molar-refractivity contribution in [1.82, 2.24) is 15.1 Å². The Morgan fingerprint density at radius 3 is 2.50 bits per heavy atom. The zero-order valence-electron chi connectivity index (χ0n) is 16.3. The lowest BCUT2D eigenvalue weighted by molar-refractivity contribution is 0.111. The van der Waals surface area contributed by atoms with Crippen molar-refractivity contribution in [2.75, 3.05) is 52.2 Å². The summed E-state index contributed by atoms with van der Waals surface area (Å²) in [5.74, 6) is 0.826. The predicted molar refractivity (Wildman–Crippen MR) is 113 cm³/mol. The van der Waals surface area contributed by atoms with Crippen molar-refractivity contribution in [2.45, 2.75) is 6.04 Å². The minimum absolute atomic E-state index is 0.102. The quantitative estimate of drug-likeness (QED) is 0.776. The number of halogens is 1. The van der Waals surface area contributed by atoms with Crippen LogP contribution in [0.2, 0.25) is 5.02 Å². The normalized spacial score (nSPS) is 16.4. The molecular weight excluding hydrogens is 376 g/mol. The van der Waals surface area contributed by atoms with Crippen LogP contribution in [0.3, 0.4) is 0 Å². The predicted octanol–water partition coefficient (Wildman–Crippen LogP) is 3.46. The Hall–Kier alpha value is -2.28. The van der Waals surface area contributed by atoms with Gasteiger partial charge in [-0.05, 0) is 42.9 Å². The second-order valence-electron chi connectivity index (χ2n) is 6.97. The second-order valence-corrected chi connectivity index (χ2v) is 7.41. The SMILES string of the molecule is COc1ccc(C(CNC(=O)Nc2cccc(Cl)c2)N2CCN(C)CC2)cc1. The van der Waals surface area contributed by atoms with E-state index < -0.39 is 0 Å². The van der Waals surface area contributed by atoms with Gasteiger partial charge in [0.2, 0.25) is 0 Å². The lowest BCUT2D eigenvalue weighted by Gasteiger charge is -2.38. The number of nitrogens with zero attached hydrogens (tertiary/aromatic N) is 2. The van der Waals surface area contributed by atoms with Crippen LogP contribution in [0.1, 0.15) is 11.6 Å². The summed E-state index contributed by atoms with van der Waals surface area (Å²) in [6.45, 7) is 4.47. The third kappa shape index (κ3) is 5.61. The zero-order chi connectivity index (χ0) is 19.9. The number of amides is 2. The second kappa shape index (κ2) is 9.78. The summed E-state index contributed by atoms with van der Waals surface area (Å²) < 4.78 is 5.27.